The van der Waals surface area contributed by atoms with Gasteiger partial charge in [-0.3, -0.25) is 4.79 Å². The van der Waals surface area contributed by atoms with Crippen LogP contribution in [0.2, 0.25) is 0 Å². The second-order valence-corrected chi connectivity index (χ2v) is 10.7. The first-order valence-corrected chi connectivity index (χ1v) is 11.2. The molecule has 2 unspecified atom stereocenters. The van der Waals surface area contributed by atoms with Crippen LogP contribution in [-0.2, 0) is 4.79 Å². The van der Waals surface area contributed by atoms with Crippen LogP contribution in [0.25, 0.3) is 0 Å². The number of benzene rings is 1. The summed E-state index contributed by atoms with van der Waals surface area (Å²) in [5.41, 5.74) is 3.97. The number of carbonyl (C=O) groups is 1. The lowest BCUT2D eigenvalue weighted by atomic mass is 9.49. The third-order valence-electron chi connectivity index (χ3n) is 8.66. The van der Waals surface area contributed by atoms with Crippen LogP contribution >= 0.6 is 0 Å². The van der Waals surface area contributed by atoms with Crippen LogP contribution in [0.5, 0.6) is 0 Å². The zero-order chi connectivity index (χ0) is 18.3. The summed E-state index contributed by atoms with van der Waals surface area (Å²) in [6, 6.07) is 7.21. The smallest absolute Gasteiger partial charge is 0.233 e. The minimum Gasteiger partial charge on any atom is -0.308 e. The van der Waals surface area contributed by atoms with E-state index in [2.05, 4.69) is 42.0 Å². The largest absolute Gasteiger partial charge is 0.308 e. The van der Waals surface area contributed by atoms with Crippen molar-refractivity contribution in [2.24, 2.45) is 23.2 Å². The molecule has 27 heavy (non-hydrogen) atoms. The average molecular weight is 365 g/mol. The molecule has 3 heteroatoms. The van der Waals surface area contributed by atoms with Gasteiger partial charge in [0.15, 0.2) is 0 Å². The summed E-state index contributed by atoms with van der Waals surface area (Å²) in [4.78, 5) is 19.0. The number of hydrogen-bond donors (Lipinski definition) is 0. The van der Waals surface area contributed by atoms with Crippen LogP contribution in [0.15, 0.2) is 18.2 Å². The molecule has 0 N–H and O–H groups in total. The van der Waals surface area contributed by atoms with Crippen molar-refractivity contribution in [1.82, 2.24) is 4.90 Å². The topological polar surface area (TPSA) is 23.6 Å². The summed E-state index contributed by atoms with van der Waals surface area (Å²) < 4.78 is 0. The van der Waals surface area contributed by atoms with Crippen molar-refractivity contribution in [2.75, 3.05) is 25.0 Å². The first-order chi connectivity index (χ1) is 13.0. The van der Waals surface area contributed by atoms with Gasteiger partial charge in [0.05, 0.1) is 5.41 Å². The Bertz CT molecular complexity index is 764. The fourth-order valence-electron chi connectivity index (χ4n) is 7.97. The molecule has 4 aliphatic carbocycles. The quantitative estimate of drug-likeness (QED) is 0.740. The molecule has 7 rings (SSSR count). The molecule has 0 spiro atoms. The van der Waals surface area contributed by atoms with Crippen molar-refractivity contribution in [3.8, 4) is 0 Å². The molecule has 2 atom stereocenters. The molecule has 144 valence electrons. The van der Waals surface area contributed by atoms with Gasteiger partial charge in [-0.2, -0.15) is 0 Å². The molecule has 2 aliphatic heterocycles. The van der Waals surface area contributed by atoms with E-state index >= 15 is 0 Å². The van der Waals surface area contributed by atoms with Gasteiger partial charge in [-0.15, -0.1) is 0 Å². The highest BCUT2D eigenvalue weighted by Gasteiger charge is 2.58. The van der Waals surface area contributed by atoms with Crippen molar-refractivity contribution >= 4 is 11.6 Å². The third-order valence-corrected chi connectivity index (χ3v) is 8.66. The van der Waals surface area contributed by atoms with Crippen molar-refractivity contribution < 1.29 is 4.79 Å². The summed E-state index contributed by atoms with van der Waals surface area (Å²) in [7, 11) is 2.23. The Morgan fingerprint density at radius 2 is 1.74 bits per heavy atom. The van der Waals surface area contributed by atoms with E-state index in [0.29, 0.717) is 17.9 Å². The number of rotatable bonds is 1. The van der Waals surface area contributed by atoms with Gasteiger partial charge in [-0.05, 0) is 94.8 Å². The number of piperidine rings is 1. The molecule has 0 aromatic heterocycles. The standard InChI is InChI=1S/C24H32N2O/c1-15-3-4-21-19(7-15)20-14-25(2)6-5-22(20)26(21)23(27)24-11-16-8-17(12-24)10-18(9-16)13-24/h3-4,7,16-18,20,22H,5-6,8-14H2,1-2H3. The number of likely N-dealkylation sites (N-methyl/N-ethyl adjacent to an activating group) is 1. The molecule has 6 aliphatic rings. The van der Waals surface area contributed by atoms with Gasteiger partial charge in [0, 0.05) is 24.2 Å². The molecule has 1 aromatic carbocycles. The van der Waals surface area contributed by atoms with Crippen LogP contribution in [0.4, 0.5) is 5.69 Å². The first-order valence-electron chi connectivity index (χ1n) is 11.2. The molecular weight excluding hydrogens is 332 g/mol. The second-order valence-electron chi connectivity index (χ2n) is 10.7. The maximum absolute atomic E-state index is 14.2. The maximum Gasteiger partial charge on any atom is 0.233 e. The highest BCUT2D eigenvalue weighted by atomic mass is 16.2. The number of likely N-dealkylation sites (tertiary alicyclic amines) is 1. The van der Waals surface area contributed by atoms with Crippen LogP contribution in [0.3, 0.4) is 0 Å². The van der Waals surface area contributed by atoms with Gasteiger partial charge >= 0.3 is 0 Å². The average Bonchev–Trinajstić information content (AvgIpc) is 2.93. The predicted molar refractivity (Wildman–Crippen MR) is 108 cm³/mol. The minimum absolute atomic E-state index is 0.0326. The summed E-state index contributed by atoms with van der Waals surface area (Å²) in [5, 5.41) is 0. The maximum atomic E-state index is 14.2. The molecule has 0 radical (unpaired) electrons. The summed E-state index contributed by atoms with van der Waals surface area (Å²) in [6.45, 7) is 4.38. The number of aryl methyl sites for hydroxylation is 1. The van der Waals surface area contributed by atoms with Crippen LogP contribution in [0.1, 0.15) is 62.0 Å². The highest BCUT2D eigenvalue weighted by molar-refractivity contribution is 6.01. The highest BCUT2D eigenvalue weighted by Crippen LogP contribution is 2.61. The fraction of sp³-hybridized carbons (Fsp3) is 0.708. The van der Waals surface area contributed by atoms with Crippen molar-refractivity contribution in [2.45, 2.75) is 63.8 Å². The molecule has 4 bridgehead atoms. The lowest BCUT2D eigenvalue weighted by molar-refractivity contribution is -0.144. The van der Waals surface area contributed by atoms with Gasteiger partial charge in [0.25, 0.3) is 0 Å². The van der Waals surface area contributed by atoms with E-state index in [0.717, 1.165) is 37.3 Å². The van der Waals surface area contributed by atoms with E-state index in [1.165, 1.54) is 55.3 Å². The van der Waals surface area contributed by atoms with Crippen LogP contribution in [-0.4, -0.2) is 37.0 Å². The van der Waals surface area contributed by atoms with E-state index in [9.17, 15) is 4.79 Å². The zero-order valence-electron chi connectivity index (χ0n) is 16.8. The normalized spacial score (nSPS) is 42.3. The molecule has 1 aromatic rings. The SMILES string of the molecule is Cc1ccc2c(c1)C1CN(C)CCC1N2C(=O)C12CC3CC(CC(C3)C1)C2. The minimum atomic E-state index is -0.0326. The molecule has 5 fully saturated rings. The number of nitrogens with zero attached hydrogens (tertiary/aromatic N) is 2. The molecule has 1 amide bonds. The first kappa shape index (κ1) is 16.6. The second kappa shape index (κ2) is 5.59. The molecule has 1 saturated heterocycles. The van der Waals surface area contributed by atoms with Gasteiger partial charge in [0.1, 0.15) is 0 Å². The fourth-order valence-corrected chi connectivity index (χ4v) is 7.97. The van der Waals surface area contributed by atoms with E-state index in [-0.39, 0.29) is 5.41 Å². The van der Waals surface area contributed by atoms with E-state index < -0.39 is 0 Å². The number of anilines is 1. The summed E-state index contributed by atoms with van der Waals surface area (Å²) >= 11 is 0. The van der Waals surface area contributed by atoms with Crippen molar-refractivity contribution in [3.63, 3.8) is 0 Å². The molecular formula is C24H32N2O. The Balaban J connectivity index is 1.41. The predicted octanol–water partition coefficient (Wildman–Crippen LogP) is 4.35. The Morgan fingerprint density at radius 1 is 1.07 bits per heavy atom. The Morgan fingerprint density at radius 3 is 2.41 bits per heavy atom. The Hall–Kier alpha value is -1.35. The van der Waals surface area contributed by atoms with Gasteiger partial charge < -0.3 is 9.80 Å². The van der Waals surface area contributed by atoms with Crippen molar-refractivity contribution in [3.05, 3.63) is 29.3 Å². The molecule has 3 nitrogen and oxygen atoms in total. The van der Waals surface area contributed by atoms with Gasteiger partial charge in [-0.1, -0.05) is 17.7 Å². The monoisotopic (exact) mass is 364 g/mol. The van der Waals surface area contributed by atoms with E-state index in [1.54, 1.807) is 0 Å². The number of amides is 1. The Kier molecular flexibility index (Phi) is 3.44. The lowest BCUT2D eigenvalue weighted by Gasteiger charge is -2.57. The van der Waals surface area contributed by atoms with Gasteiger partial charge in [-0.25, -0.2) is 0 Å². The van der Waals surface area contributed by atoms with E-state index in [1.807, 2.05) is 0 Å². The van der Waals surface area contributed by atoms with Gasteiger partial charge in [0.2, 0.25) is 5.91 Å². The van der Waals surface area contributed by atoms with Crippen LogP contribution < -0.4 is 4.90 Å². The number of hydrogen-bond acceptors (Lipinski definition) is 2. The molecule has 2 heterocycles. The van der Waals surface area contributed by atoms with E-state index in [4.69, 9.17) is 0 Å². The number of fused-ring (bicyclic) bond motifs is 3. The summed E-state index contributed by atoms with van der Waals surface area (Å²) in [6.07, 6.45) is 8.84. The van der Waals surface area contributed by atoms with Crippen LogP contribution in [0, 0.1) is 30.1 Å². The zero-order valence-corrected chi connectivity index (χ0v) is 16.8. The Labute approximate surface area is 163 Å². The third kappa shape index (κ3) is 2.33. The summed E-state index contributed by atoms with van der Waals surface area (Å²) in [5.74, 6) is 3.48. The van der Waals surface area contributed by atoms with Crippen molar-refractivity contribution in [1.29, 1.82) is 0 Å². The molecule has 4 saturated carbocycles. The number of carbonyl (C=O) groups excluding carboxylic acids is 1. The lowest BCUT2D eigenvalue weighted by Crippen LogP contribution is -2.57.